The van der Waals surface area contributed by atoms with Crippen LogP contribution in [0.5, 0.6) is 5.75 Å². The van der Waals surface area contributed by atoms with Crippen LogP contribution in [0, 0.1) is 5.92 Å². The van der Waals surface area contributed by atoms with Crippen molar-refractivity contribution in [3.63, 3.8) is 0 Å². The van der Waals surface area contributed by atoms with Crippen molar-refractivity contribution < 1.29 is 14.6 Å². The summed E-state index contributed by atoms with van der Waals surface area (Å²) >= 11 is 0. The van der Waals surface area contributed by atoms with E-state index in [1.165, 1.54) is 7.11 Å². The summed E-state index contributed by atoms with van der Waals surface area (Å²) in [5.74, 6) is 0.0214. The zero-order valence-corrected chi connectivity index (χ0v) is 12.3. The van der Waals surface area contributed by atoms with Crippen LogP contribution in [0.3, 0.4) is 0 Å². The number of rotatable bonds is 6. The molecule has 0 aliphatic rings. The van der Waals surface area contributed by atoms with E-state index in [0.29, 0.717) is 17.7 Å². The van der Waals surface area contributed by atoms with Crippen molar-refractivity contribution in [3.05, 3.63) is 29.3 Å². The number of aromatic carboxylic acids is 1. The molecule has 0 saturated carbocycles. The lowest BCUT2D eigenvalue weighted by molar-refractivity contribution is 0.0693. The molecule has 4 nitrogen and oxygen atoms in total. The van der Waals surface area contributed by atoms with Gasteiger partial charge < -0.3 is 9.84 Å². The molecule has 1 atom stereocenters. The summed E-state index contributed by atoms with van der Waals surface area (Å²) in [7, 11) is 3.56. The van der Waals surface area contributed by atoms with Crippen LogP contribution in [0.4, 0.5) is 0 Å². The van der Waals surface area contributed by atoms with Gasteiger partial charge in [0.15, 0.2) is 0 Å². The Hall–Kier alpha value is -1.55. The van der Waals surface area contributed by atoms with Crippen LogP contribution >= 0.6 is 0 Å². The Morgan fingerprint density at radius 2 is 2.00 bits per heavy atom. The molecule has 0 aromatic heterocycles. The van der Waals surface area contributed by atoms with E-state index < -0.39 is 5.97 Å². The molecular formula is C15H23NO3. The maximum atomic E-state index is 11.0. The molecule has 0 bridgehead atoms. The molecule has 0 saturated heterocycles. The van der Waals surface area contributed by atoms with Crippen LogP contribution in [-0.2, 0) is 6.54 Å². The largest absolute Gasteiger partial charge is 0.496 e. The standard InChI is InChI=1S/C15H23NO3/c1-10(2)11(3)16(4)9-12-6-7-13(15(17)18)14(8-12)19-5/h6-8,10-11H,9H2,1-5H3,(H,17,18). The third-order valence-electron chi connectivity index (χ3n) is 3.59. The maximum Gasteiger partial charge on any atom is 0.339 e. The molecule has 0 amide bonds. The Morgan fingerprint density at radius 3 is 2.47 bits per heavy atom. The Morgan fingerprint density at radius 1 is 1.37 bits per heavy atom. The van der Waals surface area contributed by atoms with Crippen molar-refractivity contribution in [2.75, 3.05) is 14.2 Å². The Kier molecular flexibility index (Phi) is 5.36. The van der Waals surface area contributed by atoms with Gasteiger partial charge in [0.25, 0.3) is 0 Å². The molecule has 0 aliphatic heterocycles. The van der Waals surface area contributed by atoms with Gasteiger partial charge in [0.1, 0.15) is 11.3 Å². The average molecular weight is 265 g/mol. The first-order valence-electron chi connectivity index (χ1n) is 6.47. The zero-order chi connectivity index (χ0) is 14.6. The zero-order valence-electron chi connectivity index (χ0n) is 12.3. The number of hydrogen-bond acceptors (Lipinski definition) is 3. The van der Waals surface area contributed by atoms with Crippen molar-refractivity contribution in [1.29, 1.82) is 0 Å². The highest BCUT2D eigenvalue weighted by molar-refractivity contribution is 5.90. The maximum absolute atomic E-state index is 11.0. The molecule has 0 fully saturated rings. The molecule has 1 aromatic carbocycles. The molecule has 106 valence electrons. The van der Waals surface area contributed by atoms with Crippen molar-refractivity contribution in [2.45, 2.75) is 33.4 Å². The fraction of sp³-hybridized carbons (Fsp3) is 0.533. The van der Waals surface area contributed by atoms with Gasteiger partial charge in [-0.25, -0.2) is 4.79 Å². The molecule has 1 unspecified atom stereocenters. The van der Waals surface area contributed by atoms with E-state index in [2.05, 4.69) is 32.7 Å². The quantitative estimate of drug-likeness (QED) is 0.859. The van der Waals surface area contributed by atoms with Crippen LogP contribution in [0.1, 0.15) is 36.7 Å². The van der Waals surface area contributed by atoms with Gasteiger partial charge in [0, 0.05) is 12.6 Å². The van der Waals surface area contributed by atoms with Crippen LogP contribution in [0.15, 0.2) is 18.2 Å². The van der Waals surface area contributed by atoms with E-state index in [4.69, 9.17) is 9.84 Å². The molecule has 1 aromatic rings. The van der Waals surface area contributed by atoms with E-state index in [0.717, 1.165) is 12.1 Å². The van der Waals surface area contributed by atoms with Gasteiger partial charge in [-0.2, -0.15) is 0 Å². The highest BCUT2D eigenvalue weighted by atomic mass is 16.5. The summed E-state index contributed by atoms with van der Waals surface area (Å²) in [4.78, 5) is 13.3. The second kappa shape index (κ2) is 6.57. The van der Waals surface area contributed by atoms with E-state index in [1.54, 1.807) is 12.1 Å². The lowest BCUT2D eigenvalue weighted by Gasteiger charge is -2.28. The normalized spacial score (nSPS) is 12.8. The first-order chi connectivity index (χ1) is 8.86. The molecule has 0 spiro atoms. The monoisotopic (exact) mass is 265 g/mol. The highest BCUT2D eigenvalue weighted by Crippen LogP contribution is 2.22. The summed E-state index contributed by atoms with van der Waals surface area (Å²) in [6, 6.07) is 5.71. The van der Waals surface area contributed by atoms with Gasteiger partial charge in [-0.3, -0.25) is 4.90 Å². The smallest absolute Gasteiger partial charge is 0.339 e. The van der Waals surface area contributed by atoms with Crippen LogP contribution < -0.4 is 4.74 Å². The summed E-state index contributed by atoms with van der Waals surface area (Å²) in [5.41, 5.74) is 1.25. The fourth-order valence-corrected chi connectivity index (χ4v) is 1.95. The fourth-order valence-electron chi connectivity index (χ4n) is 1.95. The van der Waals surface area contributed by atoms with E-state index in [1.807, 2.05) is 6.07 Å². The van der Waals surface area contributed by atoms with Gasteiger partial charge >= 0.3 is 5.97 Å². The second-order valence-electron chi connectivity index (χ2n) is 5.24. The molecule has 1 N–H and O–H groups in total. The minimum Gasteiger partial charge on any atom is -0.496 e. The van der Waals surface area contributed by atoms with Crippen LogP contribution in [0.25, 0.3) is 0 Å². The number of nitrogens with zero attached hydrogens (tertiary/aromatic N) is 1. The third-order valence-corrected chi connectivity index (χ3v) is 3.59. The number of carboxylic acids is 1. The van der Waals surface area contributed by atoms with Gasteiger partial charge in [0.2, 0.25) is 0 Å². The van der Waals surface area contributed by atoms with E-state index >= 15 is 0 Å². The highest BCUT2D eigenvalue weighted by Gasteiger charge is 2.15. The average Bonchev–Trinajstić information content (AvgIpc) is 2.36. The summed E-state index contributed by atoms with van der Waals surface area (Å²) < 4.78 is 5.14. The second-order valence-corrected chi connectivity index (χ2v) is 5.24. The molecule has 0 heterocycles. The Bertz CT molecular complexity index is 443. The van der Waals surface area contributed by atoms with Crippen LogP contribution in [0.2, 0.25) is 0 Å². The number of carboxylic acid groups (broad SMARTS) is 1. The van der Waals surface area contributed by atoms with Crippen LogP contribution in [-0.4, -0.2) is 36.2 Å². The third kappa shape index (κ3) is 3.96. The number of carbonyl (C=O) groups is 1. The predicted molar refractivity (Wildman–Crippen MR) is 75.7 cm³/mol. The number of methoxy groups -OCH3 is 1. The molecule has 0 radical (unpaired) electrons. The van der Waals surface area contributed by atoms with Gasteiger partial charge in [-0.1, -0.05) is 19.9 Å². The first kappa shape index (κ1) is 15.5. The first-order valence-corrected chi connectivity index (χ1v) is 6.47. The lowest BCUT2D eigenvalue weighted by atomic mass is 10.0. The number of ether oxygens (including phenoxy) is 1. The summed E-state index contributed by atoms with van der Waals surface area (Å²) in [5, 5.41) is 9.04. The topological polar surface area (TPSA) is 49.8 Å². The Labute approximate surface area is 115 Å². The molecule has 1 rings (SSSR count). The van der Waals surface area contributed by atoms with Gasteiger partial charge in [0.05, 0.1) is 7.11 Å². The minimum absolute atomic E-state index is 0.200. The Balaban J connectivity index is 2.89. The number of hydrogen-bond donors (Lipinski definition) is 1. The number of benzene rings is 1. The molecular weight excluding hydrogens is 242 g/mol. The van der Waals surface area contributed by atoms with Gasteiger partial charge in [-0.15, -0.1) is 0 Å². The lowest BCUT2D eigenvalue weighted by Crippen LogP contribution is -2.32. The molecule has 4 heteroatoms. The predicted octanol–water partition coefficient (Wildman–Crippen LogP) is 2.87. The minimum atomic E-state index is -0.965. The SMILES string of the molecule is COc1cc(CN(C)C(C)C(C)C)ccc1C(=O)O. The summed E-state index contributed by atoms with van der Waals surface area (Å²) in [6.07, 6.45) is 0. The van der Waals surface area contributed by atoms with Gasteiger partial charge in [-0.05, 0) is 37.6 Å². The van der Waals surface area contributed by atoms with Crippen molar-refractivity contribution in [3.8, 4) is 5.75 Å². The summed E-state index contributed by atoms with van der Waals surface area (Å²) in [6.45, 7) is 7.34. The van der Waals surface area contributed by atoms with E-state index in [-0.39, 0.29) is 5.56 Å². The van der Waals surface area contributed by atoms with Crippen molar-refractivity contribution in [1.82, 2.24) is 4.90 Å². The van der Waals surface area contributed by atoms with Crippen molar-refractivity contribution >= 4 is 5.97 Å². The van der Waals surface area contributed by atoms with Crippen molar-refractivity contribution in [2.24, 2.45) is 5.92 Å². The van der Waals surface area contributed by atoms with E-state index in [9.17, 15) is 4.79 Å². The molecule has 19 heavy (non-hydrogen) atoms. The molecule has 0 aliphatic carbocycles.